The minimum atomic E-state index is 0.831. The molecule has 3 nitrogen and oxygen atoms in total. The molecule has 1 aromatic rings. The zero-order valence-electron chi connectivity index (χ0n) is 9.20. The van der Waals surface area contributed by atoms with Crippen molar-refractivity contribution in [1.29, 1.82) is 0 Å². The van der Waals surface area contributed by atoms with E-state index >= 15 is 0 Å². The van der Waals surface area contributed by atoms with Crippen molar-refractivity contribution in [3.05, 3.63) is 24.3 Å². The van der Waals surface area contributed by atoms with Gasteiger partial charge in [-0.1, -0.05) is 12.1 Å². The molecule has 82 valence electrons. The van der Waals surface area contributed by atoms with E-state index in [4.69, 9.17) is 4.74 Å². The Bertz CT molecular complexity index is 306. The van der Waals surface area contributed by atoms with E-state index in [2.05, 4.69) is 34.5 Å². The van der Waals surface area contributed by atoms with Crippen molar-refractivity contribution >= 4 is 11.4 Å². The highest BCUT2D eigenvalue weighted by Gasteiger charge is 2.12. The molecule has 1 saturated heterocycles. The maximum absolute atomic E-state index is 5.46. The average Bonchev–Trinajstić information content (AvgIpc) is 2.57. The predicted octanol–water partition coefficient (Wildman–Crippen LogP) is 1.95. The molecule has 0 spiro atoms. The van der Waals surface area contributed by atoms with Crippen LogP contribution in [0.15, 0.2) is 24.3 Å². The second kappa shape index (κ2) is 5.03. The summed E-state index contributed by atoms with van der Waals surface area (Å²) in [6.45, 7) is 3.79. The van der Waals surface area contributed by atoms with Gasteiger partial charge in [0.2, 0.25) is 0 Å². The third kappa shape index (κ3) is 2.42. The molecular weight excluding hydrogens is 188 g/mol. The molecule has 0 amide bonds. The number of benzene rings is 1. The number of ether oxygens (including phenoxy) is 1. The largest absolute Gasteiger partial charge is 0.386 e. The van der Waals surface area contributed by atoms with Gasteiger partial charge in [0.05, 0.1) is 18.0 Å². The van der Waals surface area contributed by atoms with Crippen molar-refractivity contribution in [3.63, 3.8) is 0 Å². The van der Waals surface area contributed by atoms with Crippen molar-refractivity contribution in [2.24, 2.45) is 0 Å². The highest BCUT2D eigenvalue weighted by Crippen LogP contribution is 2.25. The van der Waals surface area contributed by atoms with Crippen LogP contribution in [0.1, 0.15) is 6.42 Å². The summed E-state index contributed by atoms with van der Waals surface area (Å²) in [4.78, 5) is 2.39. The van der Waals surface area contributed by atoms with Crippen LogP contribution in [-0.2, 0) is 4.74 Å². The Hall–Kier alpha value is -1.22. The molecule has 3 heteroatoms. The normalized spacial score (nSPS) is 17.3. The molecule has 0 unspecified atom stereocenters. The lowest BCUT2D eigenvalue weighted by Gasteiger charge is -2.24. The lowest BCUT2D eigenvalue weighted by Crippen LogP contribution is -2.26. The van der Waals surface area contributed by atoms with Gasteiger partial charge in [-0.15, -0.1) is 0 Å². The zero-order valence-corrected chi connectivity index (χ0v) is 9.20. The molecule has 15 heavy (non-hydrogen) atoms. The van der Waals surface area contributed by atoms with Crippen molar-refractivity contribution in [2.45, 2.75) is 6.42 Å². The summed E-state index contributed by atoms with van der Waals surface area (Å²) in [6.07, 6.45) is 1.11. The van der Waals surface area contributed by atoms with Crippen molar-refractivity contribution in [3.8, 4) is 0 Å². The highest BCUT2D eigenvalue weighted by molar-refractivity contribution is 5.69. The molecule has 1 aliphatic heterocycles. The van der Waals surface area contributed by atoms with Gasteiger partial charge >= 0.3 is 0 Å². The van der Waals surface area contributed by atoms with E-state index in [0.29, 0.717) is 0 Å². The van der Waals surface area contributed by atoms with Crippen molar-refractivity contribution in [2.75, 3.05) is 43.6 Å². The van der Waals surface area contributed by atoms with E-state index in [9.17, 15) is 0 Å². The standard InChI is InChI=1S/C12H18N2O/c1-13-11-5-2-3-6-12(11)14-7-4-9-15-10-8-14/h2-3,5-6,13H,4,7-10H2,1H3. The summed E-state index contributed by atoms with van der Waals surface area (Å²) < 4.78 is 5.46. The molecule has 1 N–H and O–H groups in total. The number of rotatable bonds is 2. The summed E-state index contributed by atoms with van der Waals surface area (Å²) >= 11 is 0. The Morgan fingerprint density at radius 2 is 2.07 bits per heavy atom. The molecule has 0 aliphatic carbocycles. The van der Waals surface area contributed by atoms with Crippen molar-refractivity contribution in [1.82, 2.24) is 0 Å². The van der Waals surface area contributed by atoms with E-state index in [-0.39, 0.29) is 0 Å². The van der Waals surface area contributed by atoms with Gasteiger partial charge in [-0.2, -0.15) is 0 Å². The SMILES string of the molecule is CNc1ccccc1N1CCCOCC1. The van der Waals surface area contributed by atoms with E-state index in [1.54, 1.807) is 0 Å². The Morgan fingerprint density at radius 1 is 1.20 bits per heavy atom. The molecule has 0 atom stereocenters. The third-order valence-electron chi connectivity index (χ3n) is 2.74. The second-order valence-electron chi connectivity index (χ2n) is 3.72. The Labute approximate surface area is 91.0 Å². The van der Waals surface area contributed by atoms with Crippen LogP contribution in [0.25, 0.3) is 0 Å². The molecular formula is C12H18N2O. The minimum Gasteiger partial charge on any atom is -0.386 e. The molecule has 1 aromatic carbocycles. The van der Waals surface area contributed by atoms with Crippen LogP contribution in [0.4, 0.5) is 11.4 Å². The monoisotopic (exact) mass is 206 g/mol. The van der Waals surface area contributed by atoms with E-state index in [0.717, 1.165) is 32.7 Å². The highest BCUT2D eigenvalue weighted by atomic mass is 16.5. The van der Waals surface area contributed by atoms with Gasteiger partial charge in [0.1, 0.15) is 0 Å². The average molecular weight is 206 g/mol. The van der Waals surface area contributed by atoms with Gasteiger partial charge < -0.3 is 15.0 Å². The Balaban J connectivity index is 2.18. The lowest BCUT2D eigenvalue weighted by atomic mass is 10.2. The Morgan fingerprint density at radius 3 is 2.93 bits per heavy atom. The topological polar surface area (TPSA) is 24.5 Å². The third-order valence-corrected chi connectivity index (χ3v) is 2.74. The number of nitrogens with zero attached hydrogens (tertiary/aromatic N) is 1. The van der Waals surface area contributed by atoms with Gasteiger partial charge in [0, 0.05) is 26.7 Å². The predicted molar refractivity (Wildman–Crippen MR) is 63.6 cm³/mol. The molecule has 0 bridgehead atoms. The smallest absolute Gasteiger partial charge is 0.0641 e. The fraction of sp³-hybridized carbons (Fsp3) is 0.500. The molecule has 2 rings (SSSR count). The fourth-order valence-corrected chi connectivity index (χ4v) is 1.95. The first kappa shape index (κ1) is 10.3. The summed E-state index contributed by atoms with van der Waals surface area (Å²) in [5.74, 6) is 0. The van der Waals surface area contributed by atoms with Crippen LogP contribution in [0, 0.1) is 0 Å². The maximum Gasteiger partial charge on any atom is 0.0641 e. The minimum absolute atomic E-state index is 0.831. The van der Waals surface area contributed by atoms with Crippen LogP contribution >= 0.6 is 0 Å². The molecule has 1 fully saturated rings. The van der Waals surface area contributed by atoms with Crippen LogP contribution < -0.4 is 10.2 Å². The molecule has 1 heterocycles. The van der Waals surface area contributed by atoms with E-state index in [1.165, 1.54) is 11.4 Å². The van der Waals surface area contributed by atoms with Crippen LogP contribution in [0.2, 0.25) is 0 Å². The molecule has 0 aromatic heterocycles. The fourth-order valence-electron chi connectivity index (χ4n) is 1.95. The molecule has 1 aliphatic rings. The summed E-state index contributed by atoms with van der Waals surface area (Å²) in [5, 5.41) is 3.23. The second-order valence-corrected chi connectivity index (χ2v) is 3.72. The van der Waals surface area contributed by atoms with E-state index < -0.39 is 0 Å². The lowest BCUT2D eigenvalue weighted by molar-refractivity contribution is 0.152. The zero-order chi connectivity index (χ0) is 10.5. The van der Waals surface area contributed by atoms with Gasteiger partial charge in [-0.25, -0.2) is 0 Å². The van der Waals surface area contributed by atoms with Crippen LogP contribution in [0.5, 0.6) is 0 Å². The number of anilines is 2. The number of hydrogen-bond acceptors (Lipinski definition) is 3. The summed E-state index contributed by atoms with van der Waals surface area (Å²) in [6, 6.07) is 8.42. The summed E-state index contributed by atoms with van der Waals surface area (Å²) in [5.41, 5.74) is 2.48. The van der Waals surface area contributed by atoms with Gasteiger partial charge in [-0.3, -0.25) is 0 Å². The number of hydrogen-bond donors (Lipinski definition) is 1. The van der Waals surface area contributed by atoms with Gasteiger partial charge in [0.25, 0.3) is 0 Å². The van der Waals surface area contributed by atoms with E-state index in [1.807, 2.05) is 7.05 Å². The first-order chi connectivity index (χ1) is 7.42. The molecule has 0 saturated carbocycles. The summed E-state index contributed by atoms with van der Waals surface area (Å²) in [7, 11) is 1.97. The van der Waals surface area contributed by atoms with Crippen LogP contribution in [-0.4, -0.2) is 33.4 Å². The quantitative estimate of drug-likeness (QED) is 0.800. The van der Waals surface area contributed by atoms with Crippen LogP contribution in [0.3, 0.4) is 0 Å². The molecule has 0 radical (unpaired) electrons. The van der Waals surface area contributed by atoms with Gasteiger partial charge in [0.15, 0.2) is 0 Å². The Kier molecular flexibility index (Phi) is 3.45. The number of nitrogens with one attached hydrogen (secondary N) is 1. The maximum atomic E-state index is 5.46. The van der Waals surface area contributed by atoms with Crippen molar-refractivity contribution < 1.29 is 4.74 Å². The number of para-hydroxylation sites is 2. The first-order valence-corrected chi connectivity index (χ1v) is 5.51. The first-order valence-electron chi connectivity index (χ1n) is 5.51. The van der Waals surface area contributed by atoms with Gasteiger partial charge in [-0.05, 0) is 18.6 Å².